The minimum absolute atomic E-state index is 0.269. The van der Waals surface area contributed by atoms with Crippen LogP contribution in [0.15, 0.2) is 40.4 Å². The Morgan fingerprint density at radius 3 is 2.79 bits per heavy atom. The number of aromatic nitrogens is 4. The number of fused-ring (bicyclic) bond motifs is 1. The van der Waals surface area contributed by atoms with Gasteiger partial charge in [-0.05, 0) is 6.07 Å². The third-order valence-electron chi connectivity index (χ3n) is 3.71. The van der Waals surface area contributed by atoms with Crippen molar-refractivity contribution in [2.75, 3.05) is 5.43 Å². The molecule has 3 rings (SSSR count). The number of hydrazone groups is 1. The molecule has 7 heteroatoms. The van der Waals surface area contributed by atoms with Gasteiger partial charge in [0.05, 0.1) is 6.21 Å². The SMILES string of the molecule is Cn1cc(/C=N/Nc2nc(=O)[nH]nc2C(C)(C)C)c2ccccc21. The predicted molar refractivity (Wildman–Crippen MR) is 95.5 cm³/mol. The van der Waals surface area contributed by atoms with Gasteiger partial charge in [-0.1, -0.05) is 39.0 Å². The normalized spacial score (nSPS) is 12.2. The van der Waals surface area contributed by atoms with Crippen LogP contribution < -0.4 is 11.1 Å². The van der Waals surface area contributed by atoms with Crippen LogP contribution in [-0.2, 0) is 12.5 Å². The summed E-state index contributed by atoms with van der Waals surface area (Å²) in [5.74, 6) is 0.364. The quantitative estimate of drug-likeness (QED) is 0.572. The fraction of sp³-hybridized carbons (Fsp3) is 0.294. The molecule has 0 aliphatic rings. The van der Waals surface area contributed by atoms with Gasteiger partial charge >= 0.3 is 5.69 Å². The summed E-state index contributed by atoms with van der Waals surface area (Å²) in [6.07, 6.45) is 3.72. The molecule has 0 radical (unpaired) electrons. The third-order valence-corrected chi connectivity index (χ3v) is 3.71. The smallest absolute Gasteiger partial charge is 0.350 e. The van der Waals surface area contributed by atoms with Crippen molar-refractivity contribution < 1.29 is 0 Å². The van der Waals surface area contributed by atoms with Gasteiger partial charge < -0.3 is 4.57 Å². The number of hydrogen-bond acceptors (Lipinski definition) is 5. The van der Waals surface area contributed by atoms with Crippen molar-refractivity contribution in [3.8, 4) is 0 Å². The first-order valence-corrected chi connectivity index (χ1v) is 7.66. The second-order valence-corrected chi connectivity index (χ2v) is 6.67. The summed E-state index contributed by atoms with van der Waals surface area (Å²) in [6.45, 7) is 5.98. The van der Waals surface area contributed by atoms with Crippen molar-refractivity contribution in [1.29, 1.82) is 0 Å². The number of nitrogens with one attached hydrogen (secondary N) is 2. The number of nitrogens with zero attached hydrogens (tertiary/aromatic N) is 4. The fourth-order valence-electron chi connectivity index (χ4n) is 2.58. The molecule has 0 aliphatic heterocycles. The molecule has 2 N–H and O–H groups in total. The van der Waals surface area contributed by atoms with Gasteiger partial charge in [0.15, 0.2) is 5.82 Å². The second-order valence-electron chi connectivity index (χ2n) is 6.67. The number of rotatable bonds is 3. The summed E-state index contributed by atoms with van der Waals surface area (Å²) in [5, 5.41) is 11.8. The maximum Gasteiger partial charge on any atom is 0.363 e. The molecule has 0 unspecified atom stereocenters. The maximum absolute atomic E-state index is 11.5. The first-order chi connectivity index (χ1) is 11.4. The number of aryl methyl sites for hydroxylation is 1. The van der Waals surface area contributed by atoms with E-state index in [0.29, 0.717) is 11.5 Å². The highest BCUT2D eigenvalue weighted by molar-refractivity contribution is 5.99. The lowest BCUT2D eigenvalue weighted by Crippen LogP contribution is -2.24. The topological polar surface area (TPSA) is 88.0 Å². The van der Waals surface area contributed by atoms with Crippen LogP contribution in [0, 0.1) is 0 Å². The van der Waals surface area contributed by atoms with E-state index >= 15 is 0 Å². The Labute approximate surface area is 139 Å². The summed E-state index contributed by atoms with van der Waals surface area (Å²) in [4.78, 5) is 15.4. The molecule has 0 saturated carbocycles. The second kappa shape index (κ2) is 5.92. The average Bonchev–Trinajstić information content (AvgIpc) is 2.83. The molecule has 124 valence electrons. The van der Waals surface area contributed by atoms with Gasteiger partial charge in [-0.15, -0.1) is 0 Å². The summed E-state index contributed by atoms with van der Waals surface area (Å²) >= 11 is 0. The maximum atomic E-state index is 11.5. The molecule has 2 aromatic heterocycles. The molecule has 24 heavy (non-hydrogen) atoms. The van der Waals surface area contributed by atoms with Gasteiger partial charge in [0, 0.05) is 35.1 Å². The minimum atomic E-state index is -0.508. The van der Waals surface area contributed by atoms with Crippen LogP contribution in [0.4, 0.5) is 5.82 Å². The van der Waals surface area contributed by atoms with E-state index in [1.807, 2.05) is 56.8 Å². The summed E-state index contributed by atoms with van der Waals surface area (Å²) < 4.78 is 2.05. The molecule has 3 aromatic rings. The highest BCUT2D eigenvalue weighted by atomic mass is 16.1. The molecule has 0 amide bonds. The summed E-state index contributed by atoms with van der Waals surface area (Å²) in [5.41, 5.74) is 4.83. The van der Waals surface area contributed by atoms with Crippen LogP contribution in [0.25, 0.3) is 10.9 Å². The lowest BCUT2D eigenvalue weighted by molar-refractivity contribution is 0.553. The van der Waals surface area contributed by atoms with Crippen molar-refractivity contribution in [1.82, 2.24) is 19.7 Å². The molecule has 0 spiro atoms. The molecule has 0 aliphatic carbocycles. The van der Waals surface area contributed by atoms with Crippen molar-refractivity contribution in [3.05, 3.63) is 52.2 Å². The molecule has 0 bridgehead atoms. The number of anilines is 1. The molecule has 0 saturated heterocycles. The zero-order valence-corrected chi connectivity index (χ0v) is 14.2. The van der Waals surface area contributed by atoms with E-state index in [4.69, 9.17) is 0 Å². The standard InChI is InChI=1S/C17H20N6O/c1-17(2,3)14-15(19-16(24)22-20-14)21-18-9-11-10-23(4)13-8-6-5-7-12(11)13/h5-10H,1-4H3,(H2,19,21,22,24)/b18-9+. The van der Waals surface area contributed by atoms with Crippen molar-refractivity contribution in [3.63, 3.8) is 0 Å². The number of benzene rings is 1. The largest absolute Gasteiger partial charge is 0.363 e. The minimum Gasteiger partial charge on any atom is -0.350 e. The number of hydrogen-bond donors (Lipinski definition) is 2. The molecule has 0 fully saturated rings. The van der Waals surface area contributed by atoms with E-state index in [1.165, 1.54) is 0 Å². The van der Waals surface area contributed by atoms with Crippen LogP contribution >= 0.6 is 0 Å². The Morgan fingerprint density at radius 1 is 1.29 bits per heavy atom. The van der Waals surface area contributed by atoms with Gasteiger partial charge in [-0.2, -0.15) is 15.2 Å². The molecule has 7 nitrogen and oxygen atoms in total. The van der Waals surface area contributed by atoms with Crippen LogP contribution in [0.3, 0.4) is 0 Å². The lowest BCUT2D eigenvalue weighted by atomic mass is 9.92. The van der Waals surface area contributed by atoms with Gasteiger partial charge in [0.2, 0.25) is 0 Å². The number of aromatic amines is 1. The zero-order chi connectivity index (χ0) is 17.3. The van der Waals surface area contributed by atoms with Gasteiger partial charge in [0.1, 0.15) is 5.69 Å². The number of para-hydroxylation sites is 1. The van der Waals surface area contributed by atoms with E-state index < -0.39 is 5.69 Å². The predicted octanol–water partition coefficient (Wildman–Crippen LogP) is 2.40. The van der Waals surface area contributed by atoms with Crippen molar-refractivity contribution in [2.45, 2.75) is 26.2 Å². The third kappa shape index (κ3) is 3.05. The van der Waals surface area contributed by atoms with Crippen LogP contribution in [-0.4, -0.2) is 26.0 Å². The van der Waals surface area contributed by atoms with Crippen molar-refractivity contribution in [2.24, 2.45) is 12.1 Å². The highest BCUT2D eigenvalue weighted by Gasteiger charge is 2.21. The van der Waals surface area contributed by atoms with E-state index in [1.54, 1.807) is 6.21 Å². The molecular formula is C17H20N6O. The summed E-state index contributed by atoms with van der Waals surface area (Å²) in [7, 11) is 1.99. The van der Waals surface area contributed by atoms with Crippen LogP contribution in [0.1, 0.15) is 32.0 Å². The monoisotopic (exact) mass is 324 g/mol. The first kappa shape index (κ1) is 15.9. The molecule has 2 heterocycles. The van der Waals surface area contributed by atoms with Gasteiger partial charge in [-0.25, -0.2) is 9.89 Å². The van der Waals surface area contributed by atoms with E-state index in [-0.39, 0.29) is 5.41 Å². The van der Waals surface area contributed by atoms with Crippen LogP contribution in [0.5, 0.6) is 0 Å². The first-order valence-electron chi connectivity index (χ1n) is 7.66. The fourth-order valence-corrected chi connectivity index (χ4v) is 2.58. The lowest BCUT2D eigenvalue weighted by Gasteiger charge is -2.18. The van der Waals surface area contributed by atoms with Crippen molar-refractivity contribution >= 4 is 22.9 Å². The molecule has 0 atom stereocenters. The average molecular weight is 324 g/mol. The molecule has 1 aromatic carbocycles. The van der Waals surface area contributed by atoms with Crippen LogP contribution in [0.2, 0.25) is 0 Å². The summed E-state index contributed by atoms with van der Waals surface area (Å²) in [6, 6.07) is 8.10. The van der Waals surface area contributed by atoms with E-state index in [2.05, 4.69) is 31.8 Å². The Bertz CT molecular complexity index is 961. The zero-order valence-electron chi connectivity index (χ0n) is 14.2. The Kier molecular flexibility index (Phi) is 3.92. The number of H-pyrrole nitrogens is 1. The Balaban J connectivity index is 1.92. The highest BCUT2D eigenvalue weighted by Crippen LogP contribution is 2.24. The van der Waals surface area contributed by atoms with E-state index in [9.17, 15) is 4.79 Å². The molecular weight excluding hydrogens is 304 g/mol. The van der Waals surface area contributed by atoms with Gasteiger partial charge in [-0.3, -0.25) is 5.43 Å². The Hall–Kier alpha value is -2.96. The van der Waals surface area contributed by atoms with Gasteiger partial charge in [0.25, 0.3) is 0 Å². The Morgan fingerprint density at radius 2 is 2.04 bits per heavy atom. The van der Waals surface area contributed by atoms with E-state index in [0.717, 1.165) is 16.5 Å².